The first-order valence-corrected chi connectivity index (χ1v) is 9.96. The molecule has 1 saturated heterocycles. The molecule has 4 rings (SSSR count). The molecule has 1 aliphatic rings. The predicted octanol–water partition coefficient (Wildman–Crippen LogP) is 2.51. The third-order valence-electron chi connectivity index (χ3n) is 4.27. The Morgan fingerprint density at radius 1 is 1.21 bits per heavy atom. The van der Waals surface area contributed by atoms with Crippen molar-refractivity contribution < 1.29 is 18.9 Å². The number of thiophene rings is 1. The zero-order chi connectivity index (χ0) is 20.1. The van der Waals surface area contributed by atoms with Crippen LogP contribution < -0.4 is 14.8 Å². The van der Waals surface area contributed by atoms with E-state index in [0.717, 1.165) is 16.1 Å². The summed E-state index contributed by atoms with van der Waals surface area (Å²) >= 11 is 1.59. The zero-order valence-corrected chi connectivity index (χ0v) is 16.9. The molecule has 0 aliphatic carbocycles. The molecule has 3 aromatic heterocycles. The van der Waals surface area contributed by atoms with E-state index in [1.54, 1.807) is 30.7 Å². The molecule has 152 valence electrons. The van der Waals surface area contributed by atoms with Crippen LogP contribution in [0.3, 0.4) is 0 Å². The third-order valence-corrected chi connectivity index (χ3v) is 5.14. The van der Waals surface area contributed by atoms with Gasteiger partial charge in [-0.3, -0.25) is 0 Å². The summed E-state index contributed by atoms with van der Waals surface area (Å²) < 4.78 is 21.6. The molecule has 1 fully saturated rings. The lowest BCUT2D eigenvalue weighted by molar-refractivity contribution is -0.0819. The number of nitrogens with one attached hydrogen (secondary N) is 1. The number of ether oxygens (including phenoxy) is 4. The molecule has 1 atom stereocenters. The summed E-state index contributed by atoms with van der Waals surface area (Å²) in [6.07, 6.45) is 1.72. The van der Waals surface area contributed by atoms with Gasteiger partial charge in [0.25, 0.3) is 0 Å². The number of methoxy groups -OCH3 is 2. The molecule has 0 spiro atoms. The number of rotatable bonds is 7. The SMILES string of the molecule is COc1cc(-c2cnc(NC[C@@H]3COCCO3)nc2-c2cccs2)nc(OC)n1. The summed E-state index contributed by atoms with van der Waals surface area (Å²) in [5.41, 5.74) is 2.14. The van der Waals surface area contributed by atoms with Crippen LogP contribution in [0.1, 0.15) is 0 Å². The standard InChI is InChI=1S/C19H21N5O4S/c1-25-16-8-14(22-19(23-16)26-2)13-10-21-18(20-9-12-11-27-5-6-28-12)24-17(13)15-4-3-7-29-15/h3-4,7-8,10,12H,5-6,9,11H2,1-2H3,(H,20,21,24)/t12-/m1/s1. The second-order valence-electron chi connectivity index (χ2n) is 6.16. The Morgan fingerprint density at radius 3 is 2.86 bits per heavy atom. The summed E-state index contributed by atoms with van der Waals surface area (Å²) in [5, 5.41) is 5.24. The highest BCUT2D eigenvalue weighted by Gasteiger charge is 2.18. The highest BCUT2D eigenvalue weighted by Crippen LogP contribution is 2.34. The van der Waals surface area contributed by atoms with Crippen LogP contribution in [0.5, 0.6) is 11.9 Å². The average molecular weight is 415 g/mol. The molecule has 0 bridgehead atoms. The molecule has 1 N–H and O–H groups in total. The lowest BCUT2D eigenvalue weighted by atomic mass is 10.1. The molecule has 0 aromatic carbocycles. The zero-order valence-electron chi connectivity index (χ0n) is 16.1. The van der Waals surface area contributed by atoms with Gasteiger partial charge in [-0.05, 0) is 11.4 Å². The van der Waals surface area contributed by atoms with E-state index in [1.165, 1.54) is 7.11 Å². The maximum atomic E-state index is 5.66. The van der Waals surface area contributed by atoms with Gasteiger partial charge in [-0.25, -0.2) is 9.97 Å². The molecule has 0 radical (unpaired) electrons. The Labute approximate surface area is 172 Å². The fraction of sp³-hybridized carbons (Fsp3) is 0.368. The first-order chi connectivity index (χ1) is 14.3. The molecule has 9 nitrogen and oxygen atoms in total. The van der Waals surface area contributed by atoms with Gasteiger partial charge in [0.2, 0.25) is 11.8 Å². The van der Waals surface area contributed by atoms with E-state index in [1.807, 2.05) is 17.5 Å². The van der Waals surface area contributed by atoms with Gasteiger partial charge in [0, 0.05) is 24.4 Å². The highest BCUT2D eigenvalue weighted by molar-refractivity contribution is 7.13. The summed E-state index contributed by atoms with van der Waals surface area (Å²) in [7, 11) is 3.06. The fourth-order valence-corrected chi connectivity index (χ4v) is 3.58. The second-order valence-corrected chi connectivity index (χ2v) is 7.11. The molecule has 10 heteroatoms. The van der Waals surface area contributed by atoms with E-state index in [0.29, 0.717) is 43.9 Å². The molecular formula is C19H21N5O4S. The van der Waals surface area contributed by atoms with Gasteiger partial charge in [0.05, 0.1) is 56.4 Å². The van der Waals surface area contributed by atoms with Gasteiger partial charge < -0.3 is 24.3 Å². The normalized spacial score (nSPS) is 16.4. The maximum Gasteiger partial charge on any atom is 0.320 e. The van der Waals surface area contributed by atoms with Crippen LogP contribution in [0.4, 0.5) is 5.95 Å². The van der Waals surface area contributed by atoms with Crippen molar-refractivity contribution in [1.29, 1.82) is 0 Å². The van der Waals surface area contributed by atoms with Gasteiger partial charge >= 0.3 is 6.01 Å². The Kier molecular flexibility index (Phi) is 6.13. The Morgan fingerprint density at radius 2 is 2.14 bits per heavy atom. The largest absolute Gasteiger partial charge is 0.481 e. The summed E-state index contributed by atoms with van der Waals surface area (Å²) in [4.78, 5) is 18.8. The highest BCUT2D eigenvalue weighted by atomic mass is 32.1. The van der Waals surface area contributed by atoms with Gasteiger partial charge in [-0.15, -0.1) is 11.3 Å². The van der Waals surface area contributed by atoms with Crippen molar-refractivity contribution in [3.63, 3.8) is 0 Å². The molecular weight excluding hydrogens is 394 g/mol. The Balaban J connectivity index is 1.67. The van der Waals surface area contributed by atoms with E-state index in [4.69, 9.17) is 23.9 Å². The lowest BCUT2D eigenvalue weighted by Crippen LogP contribution is -2.34. The first kappa shape index (κ1) is 19.5. The van der Waals surface area contributed by atoms with Crippen LogP contribution in [0.25, 0.3) is 21.8 Å². The molecule has 1 aliphatic heterocycles. The van der Waals surface area contributed by atoms with Gasteiger partial charge in [-0.1, -0.05) is 6.07 Å². The van der Waals surface area contributed by atoms with Crippen LogP contribution in [0, 0.1) is 0 Å². The van der Waals surface area contributed by atoms with Crippen molar-refractivity contribution >= 4 is 17.3 Å². The van der Waals surface area contributed by atoms with Crippen molar-refractivity contribution in [2.45, 2.75) is 6.10 Å². The quantitative estimate of drug-likeness (QED) is 0.624. The van der Waals surface area contributed by atoms with E-state index in [2.05, 4.69) is 20.3 Å². The van der Waals surface area contributed by atoms with Gasteiger partial charge in [-0.2, -0.15) is 9.97 Å². The summed E-state index contributed by atoms with van der Waals surface area (Å²) in [6, 6.07) is 5.94. The number of nitrogens with zero attached hydrogens (tertiary/aromatic N) is 4. The van der Waals surface area contributed by atoms with Crippen molar-refractivity contribution in [3.05, 3.63) is 29.8 Å². The molecule has 4 heterocycles. The molecule has 0 unspecified atom stereocenters. The number of hydrogen-bond donors (Lipinski definition) is 1. The van der Waals surface area contributed by atoms with E-state index in [-0.39, 0.29) is 12.1 Å². The van der Waals surface area contributed by atoms with Crippen molar-refractivity contribution in [1.82, 2.24) is 19.9 Å². The number of aromatic nitrogens is 4. The molecule has 0 amide bonds. The van der Waals surface area contributed by atoms with E-state index >= 15 is 0 Å². The van der Waals surface area contributed by atoms with Crippen LogP contribution in [-0.4, -0.2) is 66.6 Å². The van der Waals surface area contributed by atoms with Crippen LogP contribution >= 0.6 is 11.3 Å². The van der Waals surface area contributed by atoms with Gasteiger partial charge in [0.1, 0.15) is 0 Å². The Bertz CT molecular complexity index is 926. The Hall–Kier alpha value is -2.82. The van der Waals surface area contributed by atoms with E-state index < -0.39 is 0 Å². The number of hydrogen-bond acceptors (Lipinski definition) is 10. The average Bonchev–Trinajstić information content (AvgIpc) is 3.32. The van der Waals surface area contributed by atoms with Crippen LogP contribution in [-0.2, 0) is 9.47 Å². The topological polar surface area (TPSA) is 101 Å². The van der Waals surface area contributed by atoms with Gasteiger partial charge in [0.15, 0.2) is 0 Å². The van der Waals surface area contributed by atoms with Crippen LogP contribution in [0.15, 0.2) is 29.8 Å². The van der Waals surface area contributed by atoms with Crippen LogP contribution in [0.2, 0.25) is 0 Å². The van der Waals surface area contributed by atoms with E-state index in [9.17, 15) is 0 Å². The molecule has 29 heavy (non-hydrogen) atoms. The third kappa shape index (κ3) is 4.61. The summed E-state index contributed by atoms with van der Waals surface area (Å²) in [6.45, 7) is 2.36. The molecule has 0 saturated carbocycles. The number of anilines is 1. The smallest absolute Gasteiger partial charge is 0.320 e. The minimum atomic E-state index is -0.0207. The fourth-order valence-electron chi connectivity index (χ4n) is 2.85. The monoisotopic (exact) mass is 415 g/mol. The molecule has 3 aromatic rings. The first-order valence-electron chi connectivity index (χ1n) is 9.08. The minimum Gasteiger partial charge on any atom is -0.481 e. The maximum absolute atomic E-state index is 5.66. The van der Waals surface area contributed by atoms with Crippen molar-refractivity contribution in [2.24, 2.45) is 0 Å². The van der Waals surface area contributed by atoms with Crippen molar-refractivity contribution in [3.8, 4) is 33.7 Å². The predicted molar refractivity (Wildman–Crippen MR) is 109 cm³/mol. The van der Waals surface area contributed by atoms with Crippen molar-refractivity contribution in [2.75, 3.05) is 45.9 Å². The summed E-state index contributed by atoms with van der Waals surface area (Å²) in [5.74, 6) is 0.917. The second kappa shape index (κ2) is 9.12. The lowest BCUT2D eigenvalue weighted by Gasteiger charge is -2.23. The minimum absolute atomic E-state index is 0.0207.